The average molecular weight is 434 g/mol. The van der Waals surface area contributed by atoms with Gasteiger partial charge in [0.25, 0.3) is 11.5 Å². The first-order valence-corrected chi connectivity index (χ1v) is 10.9. The van der Waals surface area contributed by atoms with Gasteiger partial charge in [0, 0.05) is 29.5 Å². The maximum Gasteiger partial charge on any atom is 0.260 e. The number of benzene rings is 2. The lowest BCUT2D eigenvalue weighted by Gasteiger charge is -2.26. The Balaban J connectivity index is 0.00000119. The highest BCUT2D eigenvalue weighted by Gasteiger charge is 2.17. The van der Waals surface area contributed by atoms with E-state index in [-0.39, 0.29) is 18.1 Å². The summed E-state index contributed by atoms with van der Waals surface area (Å²) >= 11 is 0. The normalized spacial score (nSPS) is 13.6. The van der Waals surface area contributed by atoms with Gasteiger partial charge >= 0.3 is 0 Å². The highest BCUT2D eigenvalue weighted by atomic mass is 16.5. The molecule has 0 aliphatic carbocycles. The Kier molecular flexibility index (Phi) is 6.56. The molecule has 4 aromatic rings. The standard InChI is InChI=1S/C23H21N3O4.C2H6/c27-22(26-7-9-29-10-8-26)14-30-17-5-6-20-16(11-17)13-21(24-20)18-12-15-3-1-2-4-19(15)25-23(18)28;1-2/h1-6,11-13,24H,7-10,14H2,(H,25,28);1-2H3. The number of ether oxygens (including phenoxy) is 2. The SMILES string of the molecule is CC.O=C(COc1ccc2[nH]c(-c3cc4ccccc4[nH]c3=O)cc2c1)N1CCOCC1. The number of H-pyrrole nitrogens is 2. The molecular weight excluding hydrogens is 406 g/mol. The van der Waals surface area contributed by atoms with Crippen LogP contribution in [0.2, 0.25) is 0 Å². The lowest BCUT2D eigenvalue weighted by molar-refractivity contribution is -0.137. The highest BCUT2D eigenvalue weighted by Crippen LogP contribution is 2.27. The van der Waals surface area contributed by atoms with Crippen LogP contribution in [-0.4, -0.2) is 53.7 Å². The molecule has 1 amide bonds. The van der Waals surface area contributed by atoms with Gasteiger partial charge in [0.2, 0.25) is 0 Å². The number of nitrogens with one attached hydrogen (secondary N) is 2. The monoisotopic (exact) mass is 433 g/mol. The number of hydrogen-bond donors (Lipinski definition) is 2. The van der Waals surface area contributed by atoms with Crippen molar-refractivity contribution in [2.45, 2.75) is 13.8 Å². The molecule has 1 aliphatic heterocycles. The van der Waals surface area contributed by atoms with E-state index in [1.807, 2.05) is 68.4 Å². The molecule has 2 N–H and O–H groups in total. The molecule has 2 aromatic heterocycles. The summed E-state index contributed by atoms with van der Waals surface area (Å²) in [5.41, 5.74) is 2.87. The minimum Gasteiger partial charge on any atom is -0.484 e. The van der Waals surface area contributed by atoms with Crippen LogP contribution in [-0.2, 0) is 9.53 Å². The second-order valence-electron chi connectivity index (χ2n) is 7.31. The number of aromatic amines is 2. The van der Waals surface area contributed by atoms with Gasteiger partial charge in [-0.15, -0.1) is 0 Å². The smallest absolute Gasteiger partial charge is 0.260 e. The Morgan fingerprint density at radius 1 is 0.969 bits per heavy atom. The molecule has 7 heteroatoms. The van der Waals surface area contributed by atoms with Crippen molar-refractivity contribution in [2.24, 2.45) is 0 Å². The lowest BCUT2D eigenvalue weighted by atomic mass is 10.1. The maximum absolute atomic E-state index is 12.6. The van der Waals surface area contributed by atoms with Crippen LogP contribution in [0.1, 0.15) is 13.8 Å². The van der Waals surface area contributed by atoms with Crippen LogP contribution in [0.4, 0.5) is 0 Å². The summed E-state index contributed by atoms with van der Waals surface area (Å²) in [6.07, 6.45) is 0. The largest absolute Gasteiger partial charge is 0.484 e. The van der Waals surface area contributed by atoms with Gasteiger partial charge in [-0.2, -0.15) is 0 Å². The minimum absolute atomic E-state index is 0.00682. The zero-order valence-electron chi connectivity index (χ0n) is 18.3. The first-order valence-electron chi connectivity index (χ1n) is 10.9. The summed E-state index contributed by atoms with van der Waals surface area (Å²) in [4.78, 5) is 32.8. The van der Waals surface area contributed by atoms with Crippen LogP contribution in [0.25, 0.3) is 33.1 Å². The van der Waals surface area contributed by atoms with Crippen molar-refractivity contribution in [3.8, 4) is 17.0 Å². The number of rotatable bonds is 4. The third kappa shape index (κ3) is 4.53. The summed E-state index contributed by atoms with van der Waals surface area (Å²) in [6, 6.07) is 17.1. The molecule has 0 spiro atoms. The van der Waals surface area contributed by atoms with Gasteiger partial charge in [0.15, 0.2) is 6.61 Å². The predicted octanol–water partition coefficient (Wildman–Crippen LogP) is 3.94. The predicted molar refractivity (Wildman–Crippen MR) is 126 cm³/mol. The van der Waals surface area contributed by atoms with Crippen LogP contribution in [0.5, 0.6) is 5.75 Å². The molecule has 7 nitrogen and oxygen atoms in total. The van der Waals surface area contributed by atoms with Crippen molar-refractivity contribution in [1.29, 1.82) is 0 Å². The van der Waals surface area contributed by atoms with E-state index in [1.165, 1.54) is 0 Å². The Morgan fingerprint density at radius 3 is 2.53 bits per heavy atom. The van der Waals surface area contributed by atoms with Crippen molar-refractivity contribution in [3.63, 3.8) is 0 Å². The van der Waals surface area contributed by atoms with E-state index >= 15 is 0 Å². The summed E-state index contributed by atoms with van der Waals surface area (Å²) in [5.74, 6) is 0.568. The molecule has 0 saturated carbocycles. The number of carbonyl (C=O) groups is 1. The zero-order valence-corrected chi connectivity index (χ0v) is 18.3. The Hall–Kier alpha value is -3.58. The van der Waals surface area contributed by atoms with E-state index in [9.17, 15) is 9.59 Å². The second-order valence-corrected chi connectivity index (χ2v) is 7.31. The molecule has 0 atom stereocenters. The van der Waals surface area contributed by atoms with E-state index in [2.05, 4.69) is 9.97 Å². The van der Waals surface area contributed by atoms with Crippen molar-refractivity contribution in [1.82, 2.24) is 14.9 Å². The molecule has 5 rings (SSSR count). The molecule has 0 unspecified atom stereocenters. The van der Waals surface area contributed by atoms with E-state index in [1.54, 1.807) is 4.90 Å². The van der Waals surface area contributed by atoms with Gasteiger partial charge in [-0.05, 0) is 41.8 Å². The number of nitrogens with zero attached hydrogens (tertiary/aromatic N) is 1. The van der Waals surface area contributed by atoms with E-state index in [4.69, 9.17) is 9.47 Å². The number of fused-ring (bicyclic) bond motifs is 2. The van der Waals surface area contributed by atoms with Gasteiger partial charge in [-0.1, -0.05) is 32.0 Å². The highest BCUT2D eigenvalue weighted by molar-refractivity contribution is 5.89. The van der Waals surface area contributed by atoms with Gasteiger partial charge in [0.05, 0.1) is 24.5 Å². The van der Waals surface area contributed by atoms with E-state index < -0.39 is 0 Å². The molecule has 32 heavy (non-hydrogen) atoms. The number of aromatic nitrogens is 2. The van der Waals surface area contributed by atoms with Crippen molar-refractivity contribution in [2.75, 3.05) is 32.9 Å². The van der Waals surface area contributed by atoms with Crippen LogP contribution < -0.4 is 10.3 Å². The van der Waals surface area contributed by atoms with Crippen LogP contribution >= 0.6 is 0 Å². The number of hydrogen-bond acceptors (Lipinski definition) is 4. The number of pyridine rings is 1. The third-order valence-corrected chi connectivity index (χ3v) is 5.36. The quantitative estimate of drug-likeness (QED) is 0.510. The fourth-order valence-corrected chi connectivity index (χ4v) is 3.74. The summed E-state index contributed by atoms with van der Waals surface area (Å²) in [7, 11) is 0. The van der Waals surface area contributed by atoms with Crippen LogP contribution in [0.15, 0.2) is 59.4 Å². The third-order valence-electron chi connectivity index (χ3n) is 5.36. The number of amides is 1. The number of para-hydroxylation sites is 1. The molecule has 0 bridgehead atoms. The molecule has 1 saturated heterocycles. The lowest BCUT2D eigenvalue weighted by Crippen LogP contribution is -2.42. The molecule has 1 fully saturated rings. The van der Waals surface area contributed by atoms with Crippen molar-refractivity contribution in [3.05, 3.63) is 65.0 Å². The topological polar surface area (TPSA) is 87.4 Å². The Morgan fingerprint density at radius 2 is 1.72 bits per heavy atom. The summed E-state index contributed by atoms with van der Waals surface area (Å²) in [6.45, 7) is 6.33. The Bertz CT molecular complexity index is 1290. The second kappa shape index (κ2) is 9.70. The van der Waals surface area contributed by atoms with Gasteiger partial charge in [-0.3, -0.25) is 9.59 Å². The average Bonchev–Trinajstić information content (AvgIpc) is 3.27. The fourth-order valence-electron chi connectivity index (χ4n) is 3.74. The van der Waals surface area contributed by atoms with E-state index in [0.29, 0.717) is 37.6 Å². The molecular formula is C25H27N3O4. The van der Waals surface area contributed by atoms with Crippen LogP contribution in [0, 0.1) is 0 Å². The van der Waals surface area contributed by atoms with Gasteiger partial charge < -0.3 is 24.3 Å². The molecule has 0 radical (unpaired) electrons. The summed E-state index contributed by atoms with van der Waals surface area (Å²) in [5, 5.41) is 1.88. The zero-order chi connectivity index (χ0) is 22.5. The van der Waals surface area contributed by atoms with Gasteiger partial charge in [0.1, 0.15) is 5.75 Å². The number of morpholine rings is 1. The fraction of sp³-hybridized carbons (Fsp3) is 0.280. The van der Waals surface area contributed by atoms with Crippen molar-refractivity contribution < 1.29 is 14.3 Å². The molecule has 2 aromatic carbocycles. The first kappa shape index (κ1) is 21.6. The Labute approximate surface area is 186 Å². The molecule has 3 heterocycles. The summed E-state index contributed by atoms with van der Waals surface area (Å²) < 4.78 is 11.0. The molecule has 1 aliphatic rings. The maximum atomic E-state index is 12.6. The number of carbonyl (C=O) groups excluding carboxylic acids is 1. The van der Waals surface area contributed by atoms with E-state index in [0.717, 1.165) is 27.5 Å². The minimum atomic E-state index is -0.146. The first-order chi connectivity index (χ1) is 15.7. The van der Waals surface area contributed by atoms with Crippen LogP contribution in [0.3, 0.4) is 0 Å². The van der Waals surface area contributed by atoms with Gasteiger partial charge in [-0.25, -0.2) is 0 Å². The molecule has 166 valence electrons. The van der Waals surface area contributed by atoms with Crippen molar-refractivity contribution >= 4 is 27.7 Å².